The second-order valence-electron chi connectivity index (χ2n) is 6.12. The van der Waals surface area contributed by atoms with Crippen LogP contribution >= 0.6 is 11.6 Å². The summed E-state index contributed by atoms with van der Waals surface area (Å²) < 4.78 is 44.3. The van der Waals surface area contributed by atoms with Crippen molar-refractivity contribution in [3.8, 4) is 0 Å². The van der Waals surface area contributed by atoms with E-state index in [-0.39, 0.29) is 12.2 Å². The number of fused-ring (bicyclic) bond motifs is 1. The van der Waals surface area contributed by atoms with Gasteiger partial charge in [-0.25, -0.2) is 0 Å². The van der Waals surface area contributed by atoms with E-state index in [9.17, 15) is 13.2 Å². The quantitative estimate of drug-likeness (QED) is 0.614. The molecule has 24 heavy (non-hydrogen) atoms. The number of hydrogen-bond acceptors (Lipinski definition) is 1. The third-order valence-corrected chi connectivity index (χ3v) is 4.58. The van der Waals surface area contributed by atoms with Crippen LogP contribution in [-0.4, -0.2) is 5.88 Å². The highest BCUT2D eigenvalue weighted by atomic mass is 35.5. The average molecular weight is 355 g/mol. The Hall–Kier alpha value is -1.52. The molecule has 0 saturated carbocycles. The number of alkyl halides is 4. The molecule has 0 aliphatic carbocycles. The minimum Gasteiger partial charge on any atom is -0.365 e. The summed E-state index contributed by atoms with van der Waals surface area (Å²) in [6.07, 6.45) is -3.37. The Balaban J connectivity index is 1.89. The lowest BCUT2D eigenvalue weighted by Gasteiger charge is -2.33. The summed E-state index contributed by atoms with van der Waals surface area (Å²) in [5, 5.41) is 0. The van der Waals surface area contributed by atoms with Crippen LogP contribution in [-0.2, 0) is 17.3 Å². The topological polar surface area (TPSA) is 9.23 Å². The molecule has 5 heteroatoms. The van der Waals surface area contributed by atoms with Gasteiger partial charge in [0, 0.05) is 12.3 Å². The van der Waals surface area contributed by atoms with Gasteiger partial charge in [0.15, 0.2) is 0 Å². The third-order valence-electron chi connectivity index (χ3n) is 4.36. The SMILES string of the molecule is Cc1ccc2c(c1)CC(c1ccc(C(F)(F)F)cc1)OC2CCCl. The first-order valence-electron chi connectivity index (χ1n) is 7.86. The van der Waals surface area contributed by atoms with E-state index in [0.29, 0.717) is 18.7 Å². The van der Waals surface area contributed by atoms with Crippen LogP contribution in [0.15, 0.2) is 42.5 Å². The summed E-state index contributed by atoms with van der Waals surface area (Å²) in [4.78, 5) is 0. The Bertz CT molecular complexity index is 710. The number of hydrogen-bond donors (Lipinski definition) is 0. The van der Waals surface area contributed by atoms with Gasteiger partial charge in [-0.2, -0.15) is 13.2 Å². The van der Waals surface area contributed by atoms with Gasteiger partial charge < -0.3 is 4.74 Å². The second-order valence-corrected chi connectivity index (χ2v) is 6.50. The van der Waals surface area contributed by atoms with Crippen LogP contribution < -0.4 is 0 Å². The number of aryl methyl sites for hydroxylation is 1. The zero-order chi connectivity index (χ0) is 17.3. The fourth-order valence-electron chi connectivity index (χ4n) is 3.15. The highest BCUT2D eigenvalue weighted by Crippen LogP contribution is 2.40. The van der Waals surface area contributed by atoms with Crippen molar-refractivity contribution in [1.29, 1.82) is 0 Å². The summed E-state index contributed by atoms with van der Waals surface area (Å²) in [6, 6.07) is 11.5. The predicted molar refractivity (Wildman–Crippen MR) is 88.2 cm³/mol. The average Bonchev–Trinajstić information content (AvgIpc) is 2.54. The molecule has 0 saturated heterocycles. The Labute approximate surface area is 144 Å². The van der Waals surface area contributed by atoms with E-state index in [0.717, 1.165) is 28.8 Å². The van der Waals surface area contributed by atoms with Gasteiger partial charge >= 0.3 is 6.18 Å². The molecule has 0 amide bonds. The zero-order valence-corrected chi connectivity index (χ0v) is 14.0. The fraction of sp³-hybridized carbons (Fsp3) is 0.368. The van der Waals surface area contributed by atoms with Crippen LogP contribution in [0.25, 0.3) is 0 Å². The van der Waals surface area contributed by atoms with Crippen LogP contribution in [0, 0.1) is 6.92 Å². The molecular formula is C19H18ClF3O. The minimum absolute atomic E-state index is 0.126. The molecule has 1 aliphatic heterocycles. The van der Waals surface area contributed by atoms with Crippen LogP contribution in [0.3, 0.4) is 0 Å². The van der Waals surface area contributed by atoms with E-state index in [4.69, 9.17) is 16.3 Å². The van der Waals surface area contributed by atoms with Crippen molar-refractivity contribution < 1.29 is 17.9 Å². The molecule has 2 unspecified atom stereocenters. The van der Waals surface area contributed by atoms with E-state index in [2.05, 4.69) is 12.1 Å². The lowest BCUT2D eigenvalue weighted by molar-refractivity contribution is -0.137. The monoisotopic (exact) mass is 354 g/mol. The predicted octanol–water partition coefficient (Wildman–Crippen LogP) is 6.00. The number of halogens is 4. The van der Waals surface area contributed by atoms with Crippen molar-refractivity contribution in [1.82, 2.24) is 0 Å². The molecular weight excluding hydrogens is 337 g/mol. The first-order chi connectivity index (χ1) is 11.4. The number of ether oxygens (including phenoxy) is 1. The van der Waals surface area contributed by atoms with Gasteiger partial charge in [-0.05, 0) is 42.2 Å². The molecule has 0 spiro atoms. The van der Waals surface area contributed by atoms with Gasteiger partial charge in [-0.15, -0.1) is 11.6 Å². The maximum atomic E-state index is 12.7. The Morgan fingerprint density at radius 3 is 2.46 bits per heavy atom. The fourth-order valence-corrected chi connectivity index (χ4v) is 3.35. The van der Waals surface area contributed by atoms with Gasteiger partial charge in [0.25, 0.3) is 0 Å². The van der Waals surface area contributed by atoms with E-state index in [1.807, 2.05) is 13.0 Å². The van der Waals surface area contributed by atoms with Crippen molar-refractivity contribution >= 4 is 11.6 Å². The largest absolute Gasteiger partial charge is 0.416 e. The molecule has 1 aliphatic rings. The number of benzene rings is 2. The first-order valence-corrected chi connectivity index (χ1v) is 8.40. The normalized spacial score (nSPS) is 20.7. The van der Waals surface area contributed by atoms with Crippen molar-refractivity contribution in [2.45, 2.75) is 38.1 Å². The van der Waals surface area contributed by atoms with Gasteiger partial charge in [0.2, 0.25) is 0 Å². The zero-order valence-electron chi connectivity index (χ0n) is 13.2. The van der Waals surface area contributed by atoms with Gasteiger partial charge in [0.05, 0.1) is 17.8 Å². The Morgan fingerprint density at radius 2 is 1.83 bits per heavy atom. The maximum Gasteiger partial charge on any atom is 0.416 e. The highest BCUT2D eigenvalue weighted by molar-refractivity contribution is 6.17. The van der Waals surface area contributed by atoms with Crippen LogP contribution in [0.2, 0.25) is 0 Å². The third kappa shape index (κ3) is 3.60. The van der Waals surface area contributed by atoms with Gasteiger partial charge in [-0.1, -0.05) is 35.9 Å². The summed E-state index contributed by atoms with van der Waals surface area (Å²) in [6.45, 7) is 2.03. The smallest absolute Gasteiger partial charge is 0.365 e. The maximum absolute atomic E-state index is 12.7. The van der Waals surface area contributed by atoms with E-state index >= 15 is 0 Å². The molecule has 0 aromatic heterocycles. The van der Waals surface area contributed by atoms with E-state index < -0.39 is 11.7 Å². The van der Waals surface area contributed by atoms with Gasteiger partial charge in [-0.3, -0.25) is 0 Å². The second kappa shape index (κ2) is 6.77. The Kier molecular flexibility index (Phi) is 4.88. The van der Waals surface area contributed by atoms with E-state index in [1.54, 1.807) is 0 Å². The standard InChI is InChI=1S/C19H18ClF3O/c1-12-2-7-16-14(10-12)11-18(24-17(16)8-9-20)13-3-5-15(6-4-13)19(21,22)23/h2-7,10,17-18H,8-9,11H2,1H3. The molecule has 0 bridgehead atoms. The molecule has 1 heterocycles. The minimum atomic E-state index is -4.32. The molecule has 2 aromatic carbocycles. The summed E-state index contributed by atoms with van der Waals surface area (Å²) >= 11 is 5.89. The summed E-state index contributed by atoms with van der Waals surface area (Å²) in [5.74, 6) is 0.470. The van der Waals surface area contributed by atoms with Crippen molar-refractivity contribution in [2.75, 3.05) is 5.88 Å². The molecule has 2 atom stereocenters. The van der Waals surface area contributed by atoms with Crippen molar-refractivity contribution in [3.63, 3.8) is 0 Å². The van der Waals surface area contributed by atoms with Crippen LogP contribution in [0.5, 0.6) is 0 Å². The molecule has 128 valence electrons. The molecule has 0 fully saturated rings. The summed E-state index contributed by atoms with van der Waals surface area (Å²) in [7, 11) is 0. The van der Waals surface area contributed by atoms with Gasteiger partial charge in [0.1, 0.15) is 0 Å². The van der Waals surface area contributed by atoms with E-state index in [1.165, 1.54) is 17.7 Å². The molecule has 3 rings (SSSR count). The van der Waals surface area contributed by atoms with Crippen molar-refractivity contribution in [2.24, 2.45) is 0 Å². The molecule has 2 aromatic rings. The lowest BCUT2D eigenvalue weighted by atomic mass is 9.89. The van der Waals surface area contributed by atoms with Crippen LogP contribution in [0.4, 0.5) is 13.2 Å². The highest BCUT2D eigenvalue weighted by Gasteiger charge is 2.32. The Morgan fingerprint density at radius 1 is 1.12 bits per heavy atom. The summed E-state index contributed by atoms with van der Waals surface area (Å²) in [5.41, 5.74) is 3.59. The number of rotatable bonds is 3. The first kappa shape index (κ1) is 17.3. The molecule has 1 nitrogen and oxygen atoms in total. The molecule has 0 radical (unpaired) electrons. The van der Waals surface area contributed by atoms with Crippen molar-refractivity contribution in [3.05, 3.63) is 70.3 Å². The molecule has 0 N–H and O–H groups in total. The lowest BCUT2D eigenvalue weighted by Crippen LogP contribution is -2.21. The van der Waals surface area contributed by atoms with Crippen LogP contribution in [0.1, 0.15) is 46.4 Å².